The lowest BCUT2D eigenvalue weighted by Gasteiger charge is -2.29. The van der Waals surface area contributed by atoms with Crippen LogP contribution in [0.15, 0.2) is 12.2 Å². The number of unbranched alkanes of at least 4 members (excludes halogenated alkanes) is 57. The van der Waals surface area contributed by atoms with Crippen LogP contribution in [0.3, 0.4) is 0 Å². The number of likely N-dealkylation sites (N-methyl/N-ethyl adjacent to an activating group) is 1. The third-order valence-corrected chi connectivity index (χ3v) is 18.5. The second kappa shape index (κ2) is 64.7. The van der Waals surface area contributed by atoms with E-state index in [4.69, 9.17) is 9.05 Å². The number of amides is 1. The predicted molar refractivity (Wildman–Crippen MR) is 358 cm³/mol. The highest BCUT2D eigenvalue weighted by Crippen LogP contribution is 2.38. The molecule has 9 heteroatoms. The molecule has 0 radical (unpaired) electrons. The molecule has 2 N–H and O–H groups in total. The van der Waals surface area contributed by atoms with Gasteiger partial charge in [0.2, 0.25) is 5.91 Å². The number of allylic oxidation sites excluding steroid dienone is 1. The van der Waals surface area contributed by atoms with E-state index in [9.17, 15) is 19.4 Å². The predicted octanol–water partition coefficient (Wildman–Crippen LogP) is 23.0. The number of aliphatic hydroxyl groups is 1. The average molecular weight is 1180 g/mol. The molecular formula is C73H147N2O6P. The number of phosphoric ester groups is 1. The highest BCUT2D eigenvalue weighted by molar-refractivity contribution is 7.45. The van der Waals surface area contributed by atoms with Gasteiger partial charge in [-0.15, -0.1) is 0 Å². The maximum Gasteiger partial charge on any atom is 0.268 e. The molecule has 0 aromatic carbocycles. The first-order valence-corrected chi connectivity index (χ1v) is 38.5. The molecule has 3 unspecified atom stereocenters. The summed E-state index contributed by atoms with van der Waals surface area (Å²) in [4.78, 5) is 25.6. The SMILES string of the molecule is CCCCCCCCCCCCCCCCCCCC/C=C/C(O)C(COP(=O)([O-])OCC[N+](C)(C)C)NC(=O)CCCCCCCCCCCCCCCCCCCCCCCCCCCCCCCCCCCCCCCCCC. The fourth-order valence-electron chi connectivity index (χ4n) is 11.7. The number of aliphatic hydroxyl groups excluding tert-OH is 1. The zero-order chi connectivity index (χ0) is 59.8. The van der Waals surface area contributed by atoms with E-state index in [2.05, 4.69) is 19.2 Å². The number of carbonyl (C=O) groups excluding carboxylic acids is 1. The molecule has 0 aromatic heterocycles. The smallest absolute Gasteiger partial charge is 0.268 e. The van der Waals surface area contributed by atoms with Crippen LogP contribution in [0.25, 0.3) is 0 Å². The van der Waals surface area contributed by atoms with Crippen LogP contribution in [0.1, 0.15) is 399 Å². The van der Waals surface area contributed by atoms with Gasteiger partial charge in [-0.05, 0) is 19.3 Å². The van der Waals surface area contributed by atoms with Crippen molar-refractivity contribution in [2.45, 2.75) is 411 Å². The standard InChI is InChI=1S/C73H147N2O6P/c1-6-8-10-12-14-16-18-20-22-24-26-28-29-30-31-32-33-34-35-36-37-38-39-40-41-42-43-44-45-46-47-49-51-53-55-57-59-61-63-65-67-73(77)74-71(70-81-82(78,79)80-69-68-75(3,4)5)72(76)66-64-62-60-58-56-54-52-50-48-27-25-23-21-19-17-15-13-11-9-7-2/h64,66,71-72,76H,6-63,65,67-70H2,1-5H3,(H-,74,77,78,79)/b66-64+. The second-order valence-corrected chi connectivity index (χ2v) is 28.4. The van der Waals surface area contributed by atoms with Crippen molar-refractivity contribution < 1.29 is 32.9 Å². The molecular weight excluding hydrogens is 1030 g/mol. The van der Waals surface area contributed by atoms with Crippen LogP contribution in [0.5, 0.6) is 0 Å². The molecule has 0 fully saturated rings. The minimum atomic E-state index is -4.60. The molecule has 82 heavy (non-hydrogen) atoms. The number of carbonyl (C=O) groups is 1. The third-order valence-electron chi connectivity index (χ3n) is 17.5. The fraction of sp³-hybridized carbons (Fsp3) is 0.959. The van der Waals surface area contributed by atoms with Crippen LogP contribution < -0.4 is 10.2 Å². The van der Waals surface area contributed by atoms with E-state index < -0.39 is 20.0 Å². The number of quaternary nitrogens is 1. The van der Waals surface area contributed by atoms with Gasteiger partial charge in [-0.25, -0.2) is 0 Å². The fourth-order valence-corrected chi connectivity index (χ4v) is 12.5. The van der Waals surface area contributed by atoms with Crippen LogP contribution in [-0.2, 0) is 18.4 Å². The van der Waals surface area contributed by atoms with Crippen LogP contribution in [0.2, 0.25) is 0 Å². The number of hydrogen-bond acceptors (Lipinski definition) is 6. The van der Waals surface area contributed by atoms with Gasteiger partial charge in [0.1, 0.15) is 13.2 Å². The van der Waals surface area contributed by atoms with Gasteiger partial charge >= 0.3 is 0 Å². The van der Waals surface area contributed by atoms with Gasteiger partial charge in [0, 0.05) is 6.42 Å². The van der Waals surface area contributed by atoms with E-state index in [1.54, 1.807) is 6.08 Å². The number of nitrogens with zero attached hydrogens (tertiary/aromatic N) is 1. The molecule has 0 bridgehead atoms. The molecule has 0 aliphatic rings. The Balaban J connectivity index is 3.87. The summed E-state index contributed by atoms with van der Waals surface area (Å²) < 4.78 is 23.5. The summed E-state index contributed by atoms with van der Waals surface area (Å²) in [6.45, 7) is 4.72. The normalized spacial score (nSPS) is 13.6. The van der Waals surface area contributed by atoms with Gasteiger partial charge < -0.3 is 28.8 Å². The number of phosphoric acid groups is 1. The molecule has 0 rings (SSSR count). The molecule has 0 aromatic rings. The minimum Gasteiger partial charge on any atom is -0.756 e. The Bertz CT molecular complexity index is 1340. The lowest BCUT2D eigenvalue weighted by atomic mass is 10.0. The zero-order valence-electron chi connectivity index (χ0n) is 56.2. The highest BCUT2D eigenvalue weighted by atomic mass is 31.2. The molecule has 0 aliphatic carbocycles. The molecule has 0 saturated carbocycles. The van der Waals surface area contributed by atoms with Crippen LogP contribution in [0.4, 0.5) is 0 Å². The summed E-state index contributed by atoms with van der Waals surface area (Å²) in [6.07, 6.45) is 83.7. The van der Waals surface area contributed by atoms with E-state index in [0.29, 0.717) is 17.4 Å². The zero-order valence-corrected chi connectivity index (χ0v) is 57.1. The Morgan fingerprint density at radius 1 is 0.415 bits per heavy atom. The lowest BCUT2D eigenvalue weighted by molar-refractivity contribution is -0.870. The summed E-state index contributed by atoms with van der Waals surface area (Å²) in [5.74, 6) is -0.187. The molecule has 0 saturated heterocycles. The Morgan fingerprint density at radius 2 is 0.659 bits per heavy atom. The molecule has 490 valence electrons. The minimum absolute atomic E-state index is 0.00294. The maximum atomic E-state index is 13.0. The Hall–Kier alpha value is -0.760. The molecule has 0 spiro atoms. The van der Waals surface area contributed by atoms with E-state index >= 15 is 0 Å². The quantitative estimate of drug-likeness (QED) is 0.0272. The van der Waals surface area contributed by atoms with Gasteiger partial charge in [0.05, 0.1) is 39.9 Å². The van der Waals surface area contributed by atoms with E-state index in [1.165, 1.54) is 340 Å². The van der Waals surface area contributed by atoms with E-state index in [1.807, 2.05) is 27.2 Å². The first-order chi connectivity index (χ1) is 40.0. The van der Waals surface area contributed by atoms with Gasteiger partial charge in [-0.3, -0.25) is 9.36 Å². The Morgan fingerprint density at radius 3 is 0.915 bits per heavy atom. The Labute approximate surface area is 513 Å². The summed E-state index contributed by atoms with van der Waals surface area (Å²) >= 11 is 0. The molecule has 3 atom stereocenters. The van der Waals surface area contributed by atoms with Crippen LogP contribution in [-0.4, -0.2) is 68.5 Å². The molecule has 8 nitrogen and oxygen atoms in total. The van der Waals surface area contributed by atoms with Gasteiger partial charge in [0.25, 0.3) is 7.82 Å². The van der Waals surface area contributed by atoms with Crippen molar-refractivity contribution in [1.29, 1.82) is 0 Å². The summed E-state index contributed by atoms with van der Waals surface area (Å²) in [6, 6.07) is -0.883. The Kier molecular flexibility index (Phi) is 64.1. The molecule has 0 heterocycles. The monoisotopic (exact) mass is 1180 g/mol. The molecule has 0 aliphatic heterocycles. The number of nitrogens with one attached hydrogen (secondary N) is 1. The summed E-state index contributed by atoms with van der Waals surface area (Å²) in [5, 5.41) is 14.0. The summed E-state index contributed by atoms with van der Waals surface area (Å²) in [7, 11) is 1.28. The lowest BCUT2D eigenvalue weighted by Crippen LogP contribution is -2.45. The van der Waals surface area contributed by atoms with Gasteiger partial charge in [-0.2, -0.15) is 0 Å². The second-order valence-electron chi connectivity index (χ2n) is 27.0. The summed E-state index contributed by atoms with van der Waals surface area (Å²) in [5.41, 5.74) is 0. The first-order valence-electron chi connectivity index (χ1n) is 37.1. The first kappa shape index (κ1) is 81.2. The van der Waals surface area contributed by atoms with Crippen molar-refractivity contribution in [1.82, 2.24) is 5.32 Å². The van der Waals surface area contributed by atoms with E-state index in [-0.39, 0.29) is 19.1 Å². The van der Waals surface area contributed by atoms with Crippen molar-refractivity contribution in [3.05, 3.63) is 12.2 Å². The van der Waals surface area contributed by atoms with Gasteiger partial charge in [0.15, 0.2) is 0 Å². The van der Waals surface area contributed by atoms with Crippen LogP contribution in [0, 0.1) is 0 Å². The third kappa shape index (κ3) is 66.8. The topological polar surface area (TPSA) is 108 Å². The van der Waals surface area contributed by atoms with Crippen molar-refractivity contribution >= 4 is 13.7 Å². The number of hydrogen-bond donors (Lipinski definition) is 2. The molecule has 1 amide bonds. The largest absolute Gasteiger partial charge is 0.756 e. The van der Waals surface area contributed by atoms with Crippen LogP contribution >= 0.6 is 7.82 Å². The van der Waals surface area contributed by atoms with Crippen molar-refractivity contribution in [2.75, 3.05) is 40.9 Å². The highest BCUT2D eigenvalue weighted by Gasteiger charge is 2.23. The maximum absolute atomic E-state index is 13.0. The van der Waals surface area contributed by atoms with Gasteiger partial charge in [-0.1, -0.05) is 386 Å². The van der Waals surface area contributed by atoms with E-state index in [0.717, 1.165) is 38.5 Å². The van der Waals surface area contributed by atoms with Crippen molar-refractivity contribution in [2.24, 2.45) is 0 Å². The number of rotatable bonds is 70. The van der Waals surface area contributed by atoms with Crippen molar-refractivity contribution in [3.63, 3.8) is 0 Å². The average Bonchev–Trinajstić information content (AvgIpc) is 3.45. The van der Waals surface area contributed by atoms with Crippen molar-refractivity contribution in [3.8, 4) is 0 Å².